The molecule has 1 heterocycles. The summed E-state index contributed by atoms with van der Waals surface area (Å²) in [7, 11) is 2.14. The molecule has 0 aromatic heterocycles. The summed E-state index contributed by atoms with van der Waals surface area (Å²) in [5, 5.41) is 10.0. The molecule has 1 aromatic rings. The quantitative estimate of drug-likeness (QED) is 0.560. The minimum Gasteiger partial charge on any atom is -1.00 e. The predicted octanol–water partition coefficient (Wildman–Crippen LogP) is -4.76. The van der Waals surface area contributed by atoms with Gasteiger partial charge in [0.15, 0.2) is 0 Å². The van der Waals surface area contributed by atoms with Crippen molar-refractivity contribution in [2.24, 2.45) is 0 Å². The molecular formula is C16H26Cl2N2O2-2. The number of nitrogens with zero attached hydrogens (tertiary/aromatic N) is 2. The zero-order valence-electron chi connectivity index (χ0n) is 13.3. The molecule has 22 heavy (non-hydrogen) atoms. The molecule has 128 valence electrons. The summed E-state index contributed by atoms with van der Waals surface area (Å²) in [6, 6.07) is 8.09. The van der Waals surface area contributed by atoms with Crippen LogP contribution in [-0.4, -0.2) is 67.4 Å². The van der Waals surface area contributed by atoms with Crippen molar-refractivity contribution >= 4 is 0 Å². The Bertz CT molecular complexity index is 396. The molecule has 0 amide bonds. The van der Waals surface area contributed by atoms with E-state index in [0.29, 0.717) is 13.2 Å². The maximum absolute atomic E-state index is 10.0. The van der Waals surface area contributed by atoms with Gasteiger partial charge in [-0.2, -0.15) is 0 Å². The molecule has 1 aliphatic heterocycles. The highest BCUT2D eigenvalue weighted by molar-refractivity contribution is 5.27. The van der Waals surface area contributed by atoms with E-state index >= 15 is 0 Å². The van der Waals surface area contributed by atoms with Crippen molar-refractivity contribution in [1.82, 2.24) is 9.80 Å². The van der Waals surface area contributed by atoms with Crippen molar-refractivity contribution in [3.63, 3.8) is 0 Å². The Kier molecular flexibility index (Phi) is 10.8. The molecule has 0 spiro atoms. The molecule has 0 bridgehead atoms. The Morgan fingerprint density at radius 2 is 1.68 bits per heavy atom. The predicted molar refractivity (Wildman–Crippen MR) is 81.3 cm³/mol. The molecule has 6 heteroatoms. The highest BCUT2D eigenvalue weighted by Crippen LogP contribution is 2.13. The van der Waals surface area contributed by atoms with Crippen LogP contribution in [0.1, 0.15) is 12.5 Å². The number of benzene rings is 1. The largest absolute Gasteiger partial charge is 1.00 e. The average molecular weight is 349 g/mol. The van der Waals surface area contributed by atoms with Crippen LogP contribution in [0, 0.1) is 0 Å². The fraction of sp³-hybridized carbons (Fsp3) is 0.625. The molecule has 1 N–H and O–H groups in total. The number of hydrogen-bond donors (Lipinski definition) is 1. The highest BCUT2D eigenvalue weighted by Gasteiger charge is 2.17. The lowest BCUT2D eigenvalue weighted by atomic mass is 10.2. The van der Waals surface area contributed by atoms with Crippen LogP contribution in [0.5, 0.6) is 5.75 Å². The number of piperazine rings is 1. The van der Waals surface area contributed by atoms with E-state index < -0.39 is 6.10 Å². The normalized spacial score (nSPS) is 17.2. The van der Waals surface area contributed by atoms with Crippen molar-refractivity contribution in [2.75, 3.05) is 46.4 Å². The molecule has 4 nitrogen and oxygen atoms in total. The lowest BCUT2D eigenvalue weighted by molar-refractivity contribution is -0.00100. The van der Waals surface area contributed by atoms with Gasteiger partial charge in [-0.3, -0.25) is 4.90 Å². The number of rotatable bonds is 6. The van der Waals surface area contributed by atoms with Crippen LogP contribution in [0.2, 0.25) is 0 Å². The molecule has 2 rings (SSSR count). The van der Waals surface area contributed by atoms with Crippen LogP contribution in [0.15, 0.2) is 24.3 Å². The first-order chi connectivity index (χ1) is 9.67. The van der Waals surface area contributed by atoms with Gasteiger partial charge in [-0.25, -0.2) is 0 Å². The van der Waals surface area contributed by atoms with Crippen molar-refractivity contribution in [2.45, 2.75) is 19.4 Å². The zero-order chi connectivity index (χ0) is 14.4. The van der Waals surface area contributed by atoms with Gasteiger partial charge in [0.1, 0.15) is 18.5 Å². The molecular weight excluding hydrogens is 323 g/mol. The van der Waals surface area contributed by atoms with Gasteiger partial charge in [-0.05, 0) is 31.2 Å². The minimum absolute atomic E-state index is 0. The van der Waals surface area contributed by atoms with Gasteiger partial charge in [0, 0.05) is 32.7 Å². The van der Waals surface area contributed by atoms with Crippen LogP contribution in [-0.2, 0) is 6.42 Å². The molecule has 1 atom stereocenters. The van der Waals surface area contributed by atoms with Gasteiger partial charge in [0.25, 0.3) is 0 Å². The third-order valence-corrected chi connectivity index (χ3v) is 3.84. The topological polar surface area (TPSA) is 35.9 Å². The van der Waals surface area contributed by atoms with Gasteiger partial charge in [0.05, 0.1) is 0 Å². The summed E-state index contributed by atoms with van der Waals surface area (Å²) in [4.78, 5) is 4.61. The van der Waals surface area contributed by atoms with E-state index in [1.165, 1.54) is 5.56 Å². The Morgan fingerprint density at radius 3 is 2.23 bits per heavy atom. The average Bonchev–Trinajstić information content (AvgIpc) is 2.48. The van der Waals surface area contributed by atoms with E-state index in [9.17, 15) is 5.11 Å². The van der Waals surface area contributed by atoms with Crippen molar-refractivity contribution < 1.29 is 34.7 Å². The van der Waals surface area contributed by atoms with E-state index in [0.717, 1.165) is 38.3 Å². The Morgan fingerprint density at radius 1 is 1.09 bits per heavy atom. The first-order valence-corrected chi connectivity index (χ1v) is 7.48. The lowest BCUT2D eigenvalue weighted by Crippen LogP contribution is -3.00. The first kappa shape index (κ1) is 21.5. The smallest absolute Gasteiger partial charge is 0.119 e. The number of likely N-dealkylation sites (N-methyl/N-ethyl adjacent to an activating group) is 1. The van der Waals surface area contributed by atoms with Crippen LogP contribution in [0.4, 0.5) is 0 Å². The number of aryl methyl sites for hydroxylation is 1. The zero-order valence-corrected chi connectivity index (χ0v) is 14.9. The SMILES string of the molecule is CCc1ccc(OCC(O)CN2CCN(C)CC2)cc1.[Cl-].[Cl-]. The van der Waals surface area contributed by atoms with Crippen LogP contribution in [0.3, 0.4) is 0 Å². The summed E-state index contributed by atoms with van der Waals surface area (Å²) < 4.78 is 5.64. The number of β-amino-alcohol motifs (C(OH)–C–C–N with tert-alkyl or cyclic N) is 1. The fourth-order valence-corrected chi connectivity index (χ4v) is 2.39. The molecule has 1 aliphatic rings. The van der Waals surface area contributed by atoms with E-state index in [1.807, 2.05) is 12.1 Å². The lowest BCUT2D eigenvalue weighted by Gasteiger charge is -2.33. The summed E-state index contributed by atoms with van der Waals surface area (Å²) in [5.41, 5.74) is 1.30. The Labute approximate surface area is 146 Å². The third-order valence-electron chi connectivity index (χ3n) is 3.84. The number of halogens is 2. The minimum atomic E-state index is -0.427. The second-order valence-corrected chi connectivity index (χ2v) is 5.57. The van der Waals surface area contributed by atoms with Crippen LogP contribution in [0.25, 0.3) is 0 Å². The molecule has 0 saturated carbocycles. The fourth-order valence-electron chi connectivity index (χ4n) is 2.39. The number of ether oxygens (including phenoxy) is 1. The molecule has 0 aliphatic carbocycles. The third kappa shape index (κ3) is 7.16. The number of hydrogen-bond acceptors (Lipinski definition) is 4. The van der Waals surface area contributed by atoms with E-state index in [4.69, 9.17) is 4.74 Å². The van der Waals surface area contributed by atoms with Crippen LogP contribution >= 0.6 is 0 Å². The Balaban J connectivity index is 0.00000220. The maximum atomic E-state index is 10.0. The molecule has 1 unspecified atom stereocenters. The van der Waals surface area contributed by atoms with E-state index in [-0.39, 0.29) is 24.8 Å². The highest BCUT2D eigenvalue weighted by atomic mass is 35.5. The maximum Gasteiger partial charge on any atom is 0.119 e. The van der Waals surface area contributed by atoms with Crippen molar-refractivity contribution in [3.05, 3.63) is 29.8 Å². The standard InChI is InChI=1S/C16H26N2O2.2ClH/c1-3-14-4-6-16(7-5-14)20-13-15(19)12-18-10-8-17(2)9-11-18;;/h4-7,15,19H,3,8-13H2,1-2H3;2*1H/p-2. The number of aliphatic hydroxyl groups is 1. The van der Waals surface area contributed by atoms with Crippen molar-refractivity contribution in [3.8, 4) is 5.75 Å². The van der Waals surface area contributed by atoms with Gasteiger partial charge in [0.2, 0.25) is 0 Å². The first-order valence-electron chi connectivity index (χ1n) is 7.48. The van der Waals surface area contributed by atoms with E-state index in [2.05, 4.69) is 35.9 Å². The molecule has 1 fully saturated rings. The van der Waals surface area contributed by atoms with Gasteiger partial charge < -0.3 is 39.6 Å². The summed E-state index contributed by atoms with van der Waals surface area (Å²) in [6.07, 6.45) is 0.607. The van der Waals surface area contributed by atoms with E-state index in [1.54, 1.807) is 0 Å². The number of aliphatic hydroxyl groups excluding tert-OH is 1. The molecule has 0 radical (unpaired) electrons. The van der Waals surface area contributed by atoms with Gasteiger partial charge in [-0.15, -0.1) is 0 Å². The van der Waals surface area contributed by atoms with Gasteiger partial charge >= 0.3 is 0 Å². The Hall–Kier alpha value is -0.520. The van der Waals surface area contributed by atoms with Crippen molar-refractivity contribution in [1.29, 1.82) is 0 Å². The molecule has 1 saturated heterocycles. The monoisotopic (exact) mass is 348 g/mol. The second kappa shape index (κ2) is 11.1. The molecule has 1 aromatic carbocycles. The summed E-state index contributed by atoms with van der Waals surface area (Å²) in [5.74, 6) is 0.833. The summed E-state index contributed by atoms with van der Waals surface area (Å²) in [6.45, 7) is 7.39. The summed E-state index contributed by atoms with van der Waals surface area (Å²) >= 11 is 0. The second-order valence-electron chi connectivity index (χ2n) is 5.57. The van der Waals surface area contributed by atoms with Gasteiger partial charge in [-0.1, -0.05) is 19.1 Å². The van der Waals surface area contributed by atoms with Crippen LogP contribution < -0.4 is 29.6 Å².